The lowest BCUT2D eigenvalue weighted by molar-refractivity contribution is 0.0949. The molecule has 2 rings (SSSR count). The van der Waals surface area contributed by atoms with Gasteiger partial charge >= 0.3 is 0 Å². The van der Waals surface area contributed by atoms with Gasteiger partial charge < -0.3 is 10.2 Å². The maximum absolute atomic E-state index is 12.0. The van der Waals surface area contributed by atoms with Crippen LogP contribution in [0, 0.1) is 0 Å². The first-order chi connectivity index (χ1) is 10.1. The number of halogens is 2. The van der Waals surface area contributed by atoms with Crippen LogP contribution in [0.15, 0.2) is 18.2 Å². The zero-order valence-electron chi connectivity index (χ0n) is 12.4. The van der Waals surface area contributed by atoms with Crippen LogP contribution in [0.2, 0.25) is 10.0 Å². The Hall–Kier alpha value is -0.770. The van der Waals surface area contributed by atoms with Crippen molar-refractivity contribution in [1.29, 1.82) is 0 Å². The van der Waals surface area contributed by atoms with Gasteiger partial charge in [-0.15, -0.1) is 0 Å². The lowest BCUT2D eigenvalue weighted by Gasteiger charge is -2.33. The molecule has 116 valence electrons. The Morgan fingerprint density at radius 2 is 2.14 bits per heavy atom. The molecular formula is C16H22Cl2N2O. The molecule has 0 spiro atoms. The number of hydrogen-bond donors (Lipinski definition) is 1. The van der Waals surface area contributed by atoms with Gasteiger partial charge in [-0.2, -0.15) is 0 Å². The van der Waals surface area contributed by atoms with Gasteiger partial charge in [-0.05, 0) is 50.9 Å². The summed E-state index contributed by atoms with van der Waals surface area (Å²) in [5.74, 6) is -0.0970. The van der Waals surface area contributed by atoms with E-state index in [1.54, 1.807) is 18.2 Å². The number of hydrogen-bond acceptors (Lipinski definition) is 2. The van der Waals surface area contributed by atoms with Gasteiger partial charge in [0.15, 0.2) is 0 Å². The second-order valence-electron chi connectivity index (χ2n) is 5.62. The van der Waals surface area contributed by atoms with Crippen LogP contribution in [0.4, 0.5) is 0 Å². The van der Waals surface area contributed by atoms with E-state index in [2.05, 4.69) is 17.1 Å². The van der Waals surface area contributed by atoms with Crippen LogP contribution < -0.4 is 5.32 Å². The summed E-state index contributed by atoms with van der Waals surface area (Å²) >= 11 is 11.8. The first-order valence-corrected chi connectivity index (χ1v) is 8.31. The molecule has 1 aromatic carbocycles. The maximum Gasteiger partial charge on any atom is 0.251 e. The summed E-state index contributed by atoms with van der Waals surface area (Å²) in [6.45, 7) is 5.19. The molecule has 3 nitrogen and oxygen atoms in total. The van der Waals surface area contributed by atoms with Crippen LogP contribution in [0.5, 0.6) is 0 Å². The quantitative estimate of drug-likeness (QED) is 0.829. The Morgan fingerprint density at radius 3 is 2.86 bits per heavy atom. The fourth-order valence-electron chi connectivity index (χ4n) is 2.71. The van der Waals surface area contributed by atoms with Crippen LogP contribution in [0.25, 0.3) is 0 Å². The summed E-state index contributed by atoms with van der Waals surface area (Å²) in [5, 5.41) is 3.81. The highest BCUT2D eigenvalue weighted by atomic mass is 35.5. The normalized spacial score (nSPS) is 19.5. The smallest absolute Gasteiger partial charge is 0.251 e. The molecule has 1 amide bonds. The molecule has 1 fully saturated rings. The number of carbonyl (C=O) groups is 1. The van der Waals surface area contributed by atoms with E-state index in [-0.39, 0.29) is 5.91 Å². The number of carbonyl (C=O) groups excluding carboxylic acids is 1. The Morgan fingerprint density at radius 1 is 1.33 bits per heavy atom. The fourth-order valence-corrected chi connectivity index (χ4v) is 3.01. The van der Waals surface area contributed by atoms with Gasteiger partial charge in [0.1, 0.15) is 0 Å². The molecule has 0 bridgehead atoms. The predicted molar refractivity (Wildman–Crippen MR) is 88.3 cm³/mol. The highest BCUT2D eigenvalue weighted by Gasteiger charge is 2.17. The second-order valence-corrected chi connectivity index (χ2v) is 6.43. The molecule has 1 atom stereocenters. The monoisotopic (exact) mass is 328 g/mol. The van der Waals surface area contributed by atoms with Gasteiger partial charge in [-0.1, -0.05) is 29.6 Å². The SMILES string of the molecule is C[C@H]1CCCCN1CCCNC(=O)c1ccc(Cl)c(Cl)c1. The van der Waals surface area contributed by atoms with Gasteiger partial charge in [0.25, 0.3) is 5.91 Å². The molecular weight excluding hydrogens is 307 g/mol. The zero-order chi connectivity index (χ0) is 15.2. The molecule has 21 heavy (non-hydrogen) atoms. The lowest BCUT2D eigenvalue weighted by Crippen LogP contribution is -2.39. The minimum Gasteiger partial charge on any atom is -0.352 e. The second kappa shape index (κ2) is 8.02. The van der Waals surface area contributed by atoms with Gasteiger partial charge in [-0.25, -0.2) is 0 Å². The third-order valence-corrected chi connectivity index (χ3v) is 4.77. The molecule has 1 aromatic rings. The van der Waals surface area contributed by atoms with Gasteiger partial charge in [0.2, 0.25) is 0 Å². The fraction of sp³-hybridized carbons (Fsp3) is 0.562. The van der Waals surface area contributed by atoms with Crippen LogP contribution in [-0.2, 0) is 0 Å². The van der Waals surface area contributed by atoms with E-state index in [1.807, 2.05) is 0 Å². The first-order valence-electron chi connectivity index (χ1n) is 7.55. The van der Waals surface area contributed by atoms with E-state index in [4.69, 9.17) is 23.2 Å². The van der Waals surface area contributed by atoms with E-state index >= 15 is 0 Å². The molecule has 0 aliphatic carbocycles. The number of rotatable bonds is 5. The molecule has 1 heterocycles. The summed E-state index contributed by atoms with van der Waals surface area (Å²) in [4.78, 5) is 14.5. The van der Waals surface area contributed by atoms with Gasteiger partial charge in [-0.3, -0.25) is 4.79 Å². The number of benzene rings is 1. The number of piperidine rings is 1. The predicted octanol–water partition coefficient (Wildman–Crippen LogP) is 3.99. The van der Waals surface area contributed by atoms with Crippen molar-refractivity contribution in [2.75, 3.05) is 19.6 Å². The summed E-state index contributed by atoms with van der Waals surface area (Å²) in [5.41, 5.74) is 0.552. The van der Waals surface area contributed by atoms with Crippen molar-refractivity contribution < 1.29 is 4.79 Å². The number of likely N-dealkylation sites (tertiary alicyclic amines) is 1. The Labute approximate surface area is 136 Å². The maximum atomic E-state index is 12.0. The Balaban J connectivity index is 1.72. The zero-order valence-corrected chi connectivity index (χ0v) is 13.9. The van der Waals surface area contributed by atoms with Crippen molar-refractivity contribution in [1.82, 2.24) is 10.2 Å². The average molecular weight is 329 g/mol. The lowest BCUT2D eigenvalue weighted by atomic mass is 10.0. The third kappa shape index (κ3) is 4.87. The summed E-state index contributed by atoms with van der Waals surface area (Å²) < 4.78 is 0. The molecule has 0 saturated carbocycles. The van der Waals surface area contributed by atoms with Gasteiger partial charge in [0, 0.05) is 24.7 Å². The Kier molecular flexibility index (Phi) is 6.34. The molecule has 1 aliphatic heterocycles. The van der Waals surface area contributed by atoms with Crippen LogP contribution in [0.1, 0.15) is 43.0 Å². The van der Waals surface area contributed by atoms with Crippen molar-refractivity contribution in [3.63, 3.8) is 0 Å². The molecule has 1 N–H and O–H groups in total. The highest BCUT2D eigenvalue weighted by Crippen LogP contribution is 2.22. The highest BCUT2D eigenvalue weighted by molar-refractivity contribution is 6.42. The van der Waals surface area contributed by atoms with Crippen molar-refractivity contribution in [3.05, 3.63) is 33.8 Å². The summed E-state index contributed by atoms with van der Waals surface area (Å²) in [6, 6.07) is 5.61. The van der Waals surface area contributed by atoms with E-state index in [1.165, 1.54) is 25.8 Å². The molecule has 1 aliphatic rings. The molecule has 0 unspecified atom stereocenters. The molecule has 0 radical (unpaired) electrons. The average Bonchev–Trinajstić information content (AvgIpc) is 2.48. The summed E-state index contributed by atoms with van der Waals surface area (Å²) in [7, 11) is 0. The van der Waals surface area contributed by atoms with Crippen molar-refractivity contribution in [2.45, 2.75) is 38.6 Å². The number of amides is 1. The largest absolute Gasteiger partial charge is 0.352 e. The summed E-state index contributed by atoms with van der Waals surface area (Å²) in [6.07, 6.45) is 4.89. The van der Waals surface area contributed by atoms with Crippen molar-refractivity contribution in [2.24, 2.45) is 0 Å². The Bertz CT molecular complexity index is 493. The van der Waals surface area contributed by atoms with Crippen LogP contribution in [0.3, 0.4) is 0 Å². The minimum atomic E-state index is -0.0970. The van der Waals surface area contributed by atoms with E-state index < -0.39 is 0 Å². The molecule has 0 aromatic heterocycles. The van der Waals surface area contributed by atoms with E-state index in [0.29, 0.717) is 28.2 Å². The molecule has 1 saturated heterocycles. The van der Waals surface area contributed by atoms with Crippen molar-refractivity contribution in [3.8, 4) is 0 Å². The topological polar surface area (TPSA) is 32.3 Å². The first kappa shape index (κ1) is 16.6. The van der Waals surface area contributed by atoms with Crippen molar-refractivity contribution >= 4 is 29.1 Å². The van der Waals surface area contributed by atoms with Crippen LogP contribution >= 0.6 is 23.2 Å². The van der Waals surface area contributed by atoms with E-state index in [9.17, 15) is 4.79 Å². The molecule has 5 heteroatoms. The van der Waals surface area contributed by atoms with Gasteiger partial charge in [0.05, 0.1) is 10.0 Å². The minimum absolute atomic E-state index is 0.0970. The third-order valence-electron chi connectivity index (χ3n) is 4.03. The van der Waals surface area contributed by atoms with Crippen LogP contribution in [-0.4, -0.2) is 36.5 Å². The number of nitrogens with zero attached hydrogens (tertiary/aromatic N) is 1. The number of nitrogens with one attached hydrogen (secondary N) is 1. The standard InChI is InChI=1S/C16H22Cl2N2O/c1-12-5-2-3-9-20(12)10-4-8-19-16(21)13-6-7-14(17)15(18)11-13/h6-7,11-12H,2-5,8-10H2,1H3,(H,19,21)/t12-/m0/s1. The van der Waals surface area contributed by atoms with E-state index in [0.717, 1.165) is 13.0 Å².